The number of nitrogens with one attached hydrogen (secondary N) is 1. The molecule has 1 atom stereocenters. The molecular weight excluding hydrogens is 417 g/mol. The second kappa shape index (κ2) is 7.48. The summed E-state index contributed by atoms with van der Waals surface area (Å²) in [6.07, 6.45) is -3.61. The van der Waals surface area contributed by atoms with Gasteiger partial charge in [-0.1, -0.05) is 11.6 Å². The molecule has 1 aliphatic heterocycles. The fourth-order valence-electron chi connectivity index (χ4n) is 3.74. The number of alkyl halides is 3. The average Bonchev–Trinajstić information content (AvgIpc) is 3.15. The number of nitrogens with zero attached hydrogens (tertiary/aromatic N) is 3. The zero-order valence-electron chi connectivity index (χ0n) is 16.1. The Balaban J connectivity index is 1.90. The standard InChI is InChI=1S/C20H20ClF3N6/c1-27-12-4-5-30(9-12)19-13-3-2-11(21)8-16(13)28-18(29-19)17-14(25)6-10(7-15(17)26)20(22,23)24/h2-3,6-8,12,27H,4-5,9,25-26H2,1H3. The summed E-state index contributed by atoms with van der Waals surface area (Å²) in [5.41, 5.74) is 11.5. The minimum absolute atomic E-state index is 0.135. The Bertz CT molecular complexity index is 1090. The molecular formula is C20H20ClF3N6. The third-order valence-electron chi connectivity index (χ3n) is 5.29. The molecule has 2 aromatic carbocycles. The van der Waals surface area contributed by atoms with E-state index in [4.69, 9.17) is 23.1 Å². The number of rotatable bonds is 3. The molecule has 0 saturated carbocycles. The van der Waals surface area contributed by atoms with Crippen molar-refractivity contribution in [3.8, 4) is 11.4 Å². The Labute approximate surface area is 176 Å². The van der Waals surface area contributed by atoms with Crippen LogP contribution in [-0.4, -0.2) is 36.1 Å². The number of likely N-dealkylation sites (N-methyl/N-ethyl adjacent to an activating group) is 1. The highest BCUT2D eigenvalue weighted by Gasteiger charge is 2.32. The highest BCUT2D eigenvalue weighted by molar-refractivity contribution is 6.31. The van der Waals surface area contributed by atoms with Crippen LogP contribution in [0, 0.1) is 0 Å². The van der Waals surface area contributed by atoms with Gasteiger partial charge in [0.25, 0.3) is 0 Å². The Morgan fingerprint density at radius 1 is 1.13 bits per heavy atom. The number of nitrogens with two attached hydrogens (primary N) is 2. The van der Waals surface area contributed by atoms with Gasteiger partial charge in [-0.3, -0.25) is 0 Å². The van der Waals surface area contributed by atoms with Crippen molar-refractivity contribution in [3.05, 3.63) is 40.9 Å². The Morgan fingerprint density at radius 3 is 2.43 bits per heavy atom. The lowest BCUT2D eigenvalue weighted by Crippen LogP contribution is -2.30. The summed E-state index contributed by atoms with van der Waals surface area (Å²) in [7, 11) is 1.90. The summed E-state index contributed by atoms with van der Waals surface area (Å²) in [4.78, 5) is 11.3. The highest BCUT2D eigenvalue weighted by Crippen LogP contribution is 2.39. The fraction of sp³-hybridized carbons (Fsp3) is 0.300. The second-order valence-corrected chi connectivity index (χ2v) is 7.72. The summed E-state index contributed by atoms with van der Waals surface area (Å²) in [5, 5.41) is 4.54. The number of benzene rings is 2. The molecule has 4 rings (SSSR count). The van der Waals surface area contributed by atoms with Crippen LogP contribution >= 0.6 is 11.6 Å². The first-order chi connectivity index (χ1) is 14.2. The Kier molecular flexibility index (Phi) is 5.11. The SMILES string of the molecule is CNC1CCN(c2nc(-c3c(N)cc(C(F)(F)F)cc3N)nc3cc(Cl)ccc23)C1. The normalized spacial score (nSPS) is 17.1. The topological polar surface area (TPSA) is 93.1 Å². The van der Waals surface area contributed by atoms with Crippen LogP contribution in [0.25, 0.3) is 22.3 Å². The number of anilines is 3. The molecule has 1 aromatic heterocycles. The van der Waals surface area contributed by atoms with E-state index < -0.39 is 11.7 Å². The molecule has 158 valence electrons. The number of aromatic nitrogens is 2. The molecule has 1 saturated heterocycles. The number of halogens is 4. The van der Waals surface area contributed by atoms with Crippen molar-refractivity contribution in [3.63, 3.8) is 0 Å². The molecule has 0 aliphatic carbocycles. The first-order valence-corrected chi connectivity index (χ1v) is 9.71. The van der Waals surface area contributed by atoms with Crippen molar-refractivity contribution < 1.29 is 13.2 Å². The van der Waals surface area contributed by atoms with Gasteiger partial charge < -0.3 is 21.7 Å². The molecule has 2 heterocycles. The van der Waals surface area contributed by atoms with Gasteiger partial charge in [-0.25, -0.2) is 9.97 Å². The lowest BCUT2D eigenvalue weighted by atomic mass is 10.0. The van der Waals surface area contributed by atoms with Crippen LogP contribution in [0.5, 0.6) is 0 Å². The summed E-state index contributed by atoms with van der Waals surface area (Å²) in [5.74, 6) is 0.833. The Hall–Kier alpha value is -2.78. The third-order valence-corrected chi connectivity index (χ3v) is 5.52. The molecule has 0 spiro atoms. The van der Waals surface area contributed by atoms with E-state index in [0.717, 1.165) is 37.0 Å². The van der Waals surface area contributed by atoms with Gasteiger partial charge in [0.05, 0.1) is 16.6 Å². The van der Waals surface area contributed by atoms with Crippen molar-refractivity contribution >= 4 is 39.7 Å². The van der Waals surface area contributed by atoms with E-state index >= 15 is 0 Å². The highest BCUT2D eigenvalue weighted by atomic mass is 35.5. The maximum absolute atomic E-state index is 13.1. The zero-order valence-corrected chi connectivity index (χ0v) is 16.8. The van der Waals surface area contributed by atoms with Gasteiger partial charge >= 0.3 is 6.18 Å². The van der Waals surface area contributed by atoms with Crippen LogP contribution in [-0.2, 0) is 6.18 Å². The fourth-order valence-corrected chi connectivity index (χ4v) is 3.90. The van der Waals surface area contributed by atoms with E-state index in [1.807, 2.05) is 13.1 Å². The van der Waals surface area contributed by atoms with Gasteiger partial charge in [-0.05, 0) is 43.8 Å². The van der Waals surface area contributed by atoms with E-state index in [-0.39, 0.29) is 22.8 Å². The summed E-state index contributed by atoms with van der Waals surface area (Å²) in [6.45, 7) is 1.51. The van der Waals surface area contributed by atoms with Crippen molar-refractivity contribution in [1.82, 2.24) is 15.3 Å². The van der Waals surface area contributed by atoms with Crippen molar-refractivity contribution in [1.29, 1.82) is 0 Å². The van der Waals surface area contributed by atoms with Gasteiger partial charge in [-0.2, -0.15) is 13.2 Å². The van der Waals surface area contributed by atoms with Crippen LogP contribution in [0.2, 0.25) is 5.02 Å². The van der Waals surface area contributed by atoms with E-state index in [1.165, 1.54) is 0 Å². The molecule has 1 fully saturated rings. The molecule has 1 aliphatic rings. The lowest BCUT2D eigenvalue weighted by molar-refractivity contribution is -0.137. The number of fused-ring (bicyclic) bond motifs is 1. The van der Waals surface area contributed by atoms with Gasteiger partial charge in [0.15, 0.2) is 5.82 Å². The van der Waals surface area contributed by atoms with Gasteiger partial charge in [0.2, 0.25) is 0 Å². The van der Waals surface area contributed by atoms with E-state index in [0.29, 0.717) is 22.4 Å². The average molecular weight is 437 g/mol. The maximum Gasteiger partial charge on any atom is 0.416 e. The molecule has 0 radical (unpaired) electrons. The molecule has 0 bridgehead atoms. The lowest BCUT2D eigenvalue weighted by Gasteiger charge is -2.21. The van der Waals surface area contributed by atoms with Crippen LogP contribution in [0.15, 0.2) is 30.3 Å². The predicted molar refractivity (Wildman–Crippen MR) is 113 cm³/mol. The van der Waals surface area contributed by atoms with E-state index in [1.54, 1.807) is 12.1 Å². The maximum atomic E-state index is 13.1. The van der Waals surface area contributed by atoms with Crippen LogP contribution < -0.4 is 21.7 Å². The monoisotopic (exact) mass is 436 g/mol. The third kappa shape index (κ3) is 3.70. The molecule has 1 unspecified atom stereocenters. The molecule has 5 N–H and O–H groups in total. The molecule has 0 amide bonds. The van der Waals surface area contributed by atoms with E-state index in [2.05, 4.69) is 20.2 Å². The molecule has 10 heteroatoms. The predicted octanol–water partition coefficient (Wildman–Crippen LogP) is 3.93. The summed E-state index contributed by atoms with van der Waals surface area (Å²) >= 11 is 6.15. The van der Waals surface area contributed by atoms with Crippen molar-refractivity contribution in [2.45, 2.75) is 18.6 Å². The van der Waals surface area contributed by atoms with Crippen LogP contribution in [0.3, 0.4) is 0 Å². The van der Waals surface area contributed by atoms with E-state index in [9.17, 15) is 13.2 Å². The Morgan fingerprint density at radius 2 is 1.83 bits per heavy atom. The zero-order chi connectivity index (χ0) is 21.6. The molecule has 3 aromatic rings. The minimum Gasteiger partial charge on any atom is -0.398 e. The van der Waals surface area contributed by atoms with Gasteiger partial charge in [-0.15, -0.1) is 0 Å². The van der Waals surface area contributed by atoms with Gasteiger partial charge in [0.1, 0.15) is 5.82 Å². The quantitative estimate of drug-likeness (QED) is 0.539. The molecule has 6 nitrogen and oxygen atoms in total. The molecule has 30 heavy (non-hydrogen) atoms. The van der Waals surface area contributed by atoms with Crippen LogP contribution in [0.1, 0.15) is 12.0 Å². The first-order valence-electron chi connectivity index (χ1n) is 9.33. The first kappa shape index (κ1) is 20.5. The van der Waals surface area contributed by atoms with Crippen LogP contribution in [0.4, 0.5) is 30.4 Å². The largest absolute Gasteiger partial charge is 0.416 e. The summed E-state index contributed by atoms with van der Waals surface area (Å²) < 4.78 is 39.3. The smallest absolute Gasteiger partial charge is 0.398 e. The van der Waals surface area contributed by atoms with Gasteiger partial charge in [0, 0.05) is 40.9 Å². The number of hydrogen-bond donors (Lipinski definition) is 3. The minimum atomic E-state index is -4.55. The number of nitrogen functional groups attached to an aromatic ring is 2. The second-order valence-electron chi connectivity index (χ2n) is 7.28. The van der Waals surface area contributed by atoms with Crippen molar-refractivity contribution in [2.75, 3.05) is 36.5 Å². The summed E-state index contributed by atoms with van der Waals surface area (Å²) in [6, 6.07) is 7.29. The van der Waals surface area contributed by atoms with Crippen molar-refractivity contribution in [2.24, 2.45) is 0 Å². The number of hydrogen-bond acceptors (Lipinski definition) is 6.